The molecule has 0 aliphatic rings. The van der Waals surface area contributed by atoms with Crippen LogP contribution in [0.3, 0.4) is 0 Å². The molecule has 0 bridgehead atoms. The lowest BCUT2D eigenvalue weighted by molar-refractivity contribution is 0.544. The number of nitrogens with one attached hydrogen (secondary N) is 1. The van der Waals surface area contributed by atoms with E-state index in [1.165, 1.54) is 17.2 Å². The van der Waals surface area contributed by atoms with Crippen LogP contribution in [0.2, 0.25) is 5.02 Å². The highest BCUT2D eigenvalue weighted by Crippen LogP contribution is 2.32. The summed E-state index contributed by atoms with van der Waals surface area (Å²) in [5, 5.41) is 11.5. The molecule has 0 fully saturated rings. The van der Waals surface area contributed by atoms with Crippen molar-refractivity contribution in [1.29, 1.82) is 0 Å². The molecule has 1 aromatic heterocycles. The monoisotopic (exact) mass is 600 g/mol. The van der Waals surface area contributed by atoms with Gasteiger partial charge in [0.15, 0.2) is 11.0 Å². The van der Waals surface area contributed by atoms with E-state index >= 15 is 0 Å². The number of rotatable bonds is 11. The van der Waals surface area contributed by atoms with E-state index in [-0.39, 0.29) is 0 Å². The second-order valence-corrected chi connectivity index (χ2v) is 12.5. The van der Waals surface area contributed by atoms with Crippen LogP contribution in [-0.2, 0) is 22.2 Å². The number of thioether (sulfide) groups is 1. The van der Waals surface area contributed by atoms with Gasteiger partial charge in [-0.25, -0.2) is 13.1 Å². The first kappa shape index (κ1) is 28.8. The molecule has 0 amide bonds. The maximum absolute atomic E-state index is 13.4. The first-order valence-corrected chi connectivity index (χ1v) is 16.0. The van der Waals surface area contributed by atoms with E-state index in [4.69, 9.17) is 11.6 Å². The minimum atomic E-state index is -3.86. The van der Waals surface area contributed by atoms with Crippen LogP contribution in [0.1, 0.15) is 34.1 Å². The van der Waals surface area contributed by atoms with Gasteiger partial charge in [0.25, 0.3) is 0 Å². The molecule has 0 saturated carbocycles. The minimum Gasteiger partial charge on any atom is -0.272 e. The van der Waals surface area contributed by atoms with Crippen molar-refractivity contribution < 1.29 is 8.42 Å². The SMILES string of the molecule is Cc1ccc(Cl)cc1-n1c(SCc2ccccc2)nnc1C(Cc1ccccc1)NS(=O)(=O)/C=C/c1ccccc1. The fourth-order valence-electron chi connectivity index (χ4n) is 4.38. The number of halogens is 1. The Morgan fingerprint density at radius 3 is 2.20 bits per heavy atom. The highest BCUT2D eigenvalue weighted by atomic mass is 35.5. The highest BCUT2D eigenvalue weighted by Gasteiger charge is 2.27. The molecule has 6 nitrogen and oxygen atoms in total. The zero-order chi connectivity index (χ0) is 28.7. The van der Waals surface area contributed by atoms with E-state index in [0.29, 0.717) is 28.2 Å². The largest absolute Gasteiger partial charge is 0.272 e. The Balaban J connectivity index is 1.57. The fraction of sp³-hybridized carbons (Fsp3) is 0.125. The van der Waals surface area contributed by atoms with Gasteiger partial charge in [0.2, 0.25) is 10.0 Å². The highest BCUT2D eigenvalue weighted by molar-refractivity contribution is 7.98. The minimum absolute atomic E-state index is 0.375. The van der Waals surface area contributed by atoms with Crippen LogP contribution < -0.4 is 4.72 Å². The molecule has 1 atom stereocenters. The number of benzene rings is 4. The Morgan fingerprint density at radius 1 is 0.878 bits per heavy atom. The second-order valence-electron chi connectivity index (χ2n) is 9.50. The Bertz CT molecular complexity index is 1730. The van der Waals surface area contributed by atoms with E-state index in [1.807, 2.05) is 109 Å². The lowest BCUT2D eigenvalue weighted by Gasteiger charge is -2.20. The third-order valence-corrected chi connectivity index (χ3v) is 8.76. The van der Waals surface area contributed by atoms with Crippen LogP contribution in [-0.4, -0.2) is 23.2 Å². The number of sulfonamides is 1. The topological polar surface area (TPSA) is 76.9 Å². The van der Waals surface area contributed by atoms with Gasteiger partial charge >= 0.3 is 0 Å². The first-order chi connectivity index (χ1) is 19.9. The number of hydrogen-bond acceptors (Lipinski definition) is 5. The zero-order valence-electron chi connectivity index (χ0n) is 22.4. The van der Waals surface area contributed by atoms with E-state index in [1.54, 1.807) is 6.08 Å². The van der Waals surface area contributed by atoms with Crippen LogP contribution in [0.4, 0.5) is 0 Å². The average Bonchev–Trinajstić information content (AvgIpc) is 3.41. The quantitative estimate of drug-likeness (QED) is 0.160. The third-order valence-electron chi connectivity index (χ3n) is 6.42. The number of nitrogens with zero attached hydrogens (tertiary/aromatic N) is 3. The molecule has 0 spiro atoms. The summed E-state index contributed by atoms with van der Waals surface area (Å²) in [6.07, 6.45) is 1.95. The molecule has 41 heavy (non-hydrogen) atoms. The van der Waals surface area contributed by atoms with E-state index in [9.17, 15) is 8.42 Å². The van der Waals surface area contributed by atoms with Crippen LogP contribution >= 0.6 is 23.4 Å². The summed E-state index contributed by atoms with van der Waals surface area (Å²) >= 11 is 7.98. The van der Waals surface area contributed by atoms with Gasteiger partial charge in [0.1, 0.15) is 0 Å². The number of hydrogen-bond donors (Lipinski definition) is 1. The molecule has 0 aliphatic heterocycles. The Kier molecular flexibility index (Phi) is 9.36. The van der Waals surface area contributed by atoms with Gasteiger partial charge in [-0.3, -0.25) is 4.57 Å². The lowest BCUT2D eigenvalue weighted by atomic mass is 10.1. The first-order valence-electron chi connectivity index (χ1n) is 13.1. The summed E-state index contributed by atoms with van der Waals surface area (Å²) < 4.78 is 31.6. The van der Waals surface area contributed by atoms with Crippen LogP contribution in [0.15, 0.2) is 120 Å². The number of aromatic nitrogens is 3. The van der Waals surface area contributed by atoms with Gasteiger partial charge in [-0.05, 0) is 53.8 Å². The van der Waals surface area contributed by atoms with E-state index in [0.717, 1.165) is 27.9 Å². The van der Waals surface area contributed by atoms with Crippen LogP contribution in [0.25, 0.3) is 11.8 Å². The molecule has 5 rings (SSSR count). The van der Waals surface area contributed by atoms with Crippen LogP contribution in [0, 0.1) is 6.92 Å². The van der Waals surface area contributed by atoms with Crippen molar-refractivity contribution in [1.82, 2.24) is 19.5 Å². The van der Waals surface area contributed by atoms with Crippen molar-refractivity contribution in [3.8, 4) is 5.69 Å². The second kappa shape index (κ2) is 13.3. The van der Waals surface area contributed by atoms with Gasteiger partial charge in [-0.1, -0.05) is 120 Å². The molecule has 0 radical (unpaired) electrons. The van der Waals surface area contributed by atoms with Crippen molar-refractivity contribution in [2.45, 2.75) is 30.3 Å². The van der Waals surface area contributed by atoms with Crippen molar-refractivity contribution in [2.24, 2.45) is 0 Å². The summed E-state index contributed by atoms with van der Waals surface area (Å²) in [6.45, 7) is 1.99. The molecule has 4 aromatic carbocycles. The Hall–Kier alpha value is -3.69. The molecule has 208 valence electrons. The normalized spacial score (nSPS) is 12.5. The summed E-state index contributed by atoms with van der Waals surface area (Å²) in [6, 6.07) is 34.1. The van der Waals surface area contributed by atoms with Gasteiger partial charge in [-0.2, -0.15) is 0 Å². The summed E-state index contributed by atoms with van der Waals surface area (Å²) in [5.41, 5.74) is 4.65. The van der Waals surface area contributed by atoms with Crippen molar-refractivity contribution in [3.63, 3.8) is 0 Å². The molecule has 0 saturated heterocycles. The maximum atomic E-state index is 13.4. The third kappa shape index (κ3) is 7.74. The molecule has 9 heteroatoms. The number of aryl methyl sites for hydroxylation is 1. The van der Waals surface area contributed by atoms with Crippen molar-refractivity contribution in [2.75, 3.05) is 0 Å². The molecule has 1 heterocycles. The molecule has 0 aliphatic carbocycles. The lowest BCUT2D eigenvalue weighted by Crippen LogP contribution is -2.30. The van der Waals surface area contributed by atoms with Gasteiger partial charge < -0.3 is 0 Å². The summed E-state index contributed by atoms with van der Waals surface area (Å²) in [5.74, 6) is 1.15. The van der Waals surface area contributed by atoms with Gasteiger partial charge in [0, 0.05) is 16.2 Å². The van der Waals surface area contributed by atoms with E-state index < -0.39 is 16.1 Å². The zero-order valence-corrected chi connectivity index (χ0v) is 24.8. The predicted molar refractivity (Wildman–Crippen MR) is 168 cm³/mol. The smallest absolute Gasteiger partial charge is 0.234 e. The van der Waals surface area contributed by atoms with Crippen molar-refractivity contribution >= 4 is 39.5 Å². The summed E-state index contributed by atoms with van der Waals surface area (Å²) in [4.78, 5) is 0. The van der Waals surface area contributed by atoms with Gasteiger partial charge in [-0.15, -0.1) is 10.2 Å². The standard InChI is InChI=1S/C32H29ClN4O2S2/c1-24-17-18-28(33)22-30(24)37-31(34-35-32(37)40-23-27-15-9-4-10-16-27)29(21-26-13-7-3-8-14-26)36-41(38,39)20-19-25-11-5-2-6-12-25/h2-20,22,29,36H,21,23H2,1H3/b20-19+. The molecule has 1 unspecified atom stereocenters. The molecule has 1 N–H and O–H groups in total. The maximum Gasteiger partial charge on any atom is 0.234 e. The van der Waals surface area contributed by atoms with E-state index in [2.05, 4.69) is 27.1 Å². The van der Waals surface area contributed by atoms with Gasteiger partial charge in [0.05, 0.1) is 11.7 Å². The predicted octanol–water partition coefficient (Wildman–Crippen LogP) is 7.40. The van der Waals surface area contributed by atoms with Crippen molar-refractivity contribution in [3.05, 3.63) is 148 Å². The Labute approximate surface area is 250 Å². The molecule has 5 aromatic rings. The fourth-order valence-corrected chi connectivity index (χ4v) is 6.45. The molecular formula is C32H29ClN4O2S2. The average molecular weight is 601 g/mol. The Morgan fingerprint density at radius 2 is 1.51 bits per heavy atom. The molecular weight excluding hydrogens is 572 g/mol. The summed E-state index contributed by atoms with van der Waals surface area (Å²) in [7, 11) is -3.86. The van der Waals surface area contributed by atoms with Crippen LogP contribution in [0.5, 0.6) is 0 Å².